The summed E-state index contributed by atoms with van der Waals surface area (Å²) in [6.07, 6.45) is 0. The van der Waals surface area contributed by atoms with Gasteiger partial charge in [0.1, 0.15) is 0 Å². The molecule has 1 heterocycles. The predicted molar refractivity (Wildman–Crippen MR) is 82.8 cm³/mol. The Morgan fingerprint density at radius 3 is 2.78 bits per heavy atom. The van der Waals surface area contributed by atoms with Crippen molar-refractivity contribution in [3.05, 3.63) is 50.6 Å². The predicted octanol–water partition coefficient (Wildman–Crippen LogP) is 4.29. The van der Waals surface area contributed by atoms with Crippen molar-refractivity contribution in [2.45, 2.75) is 19.5 Å². The van der Waals surface area contributed by atoms with Crippen molar-refractivity contribution < 1.29 is 0 Å². The maximum Gasteiger partial charge on any atom is 0.0413 e. The van der Waals surface area contributed by atoms with Crippen LogP contribution in [-0.4, -0.2) is 11.9 Å². The van der Waals surface area contributed by atoms with Gasteiger partial charge in [-0.2, -0.15) is 0 Å². The summed E-state index contributed by atoms with van der Waals surface area (Å²) in [5.41, 5.74) is 7.89. The van der Waals surface area contributed by atoms with Crippen molar-refractivity contribution in [1.82, 2.24) is 4.90 Å². The van der Waals surface area contributed by atoms with Gasteiger partial charge in [-0.3, -0.25) is 4.90 Å². The summed E-state index contributed by atoms with van der Waals surface area (Å²) in [6, 6.07) is 10.8. The molecule has 0 spiro atoms. The molecule has 2 nitrogen and oxygen atoms in total. The monoisotopic (exact) mass is 324 g/mol. The number of halogens is 1. The molecule has 0 aliphatic carbocycles. The van der Waals surface area contributed by atoms with E-state index in [2.05, 4.69) is 58.4 Å². The first-order valence-corrected chi connectivity index (χ1v) is 7.52. The number of nitrogen functional groups attached to an aromatic ring is 1. The number of nitrogens with two attached hydrogens (primary N) is 1. The number of anilines is 1. The lowest BCUT2D eigenvalue weighted by Crippen LogP contribution is -2.21. The quantitative estimate of drug-likeness (QED) is 0.850. The van der Waals surface area contributed by atoms with Crippen LogP contribution >= 0.6 is 27.3 Å². The lowest BCUT2D eigenvalue weighted by Gasteiger charge is -2.24. The van der Waals surface area contributed by atoms with Gasteiger partial charge in [-0.15, -0.1) is 11.3 Å². The molecule has 2 aromatic rings. The Bertz CT molecular complexity index is 490. The average Bonchev–Trinajstić information content (AvgIpc) is 2.79. The molecule has 4 heteroatoms. The first-order valence-electron chi connectivity index (χ1n) is 5.85. The lowest BCUT2D eigenvalue weighted by atomic mass is 10.1. The van der Waals surface area contributed by atoms with Crippen molar-refractivity contribution in [1.29, 1.82) is 0 Å². The molecule has 1 unspecified atom stereocenters. The topological polar surface area (TPSA) is 29.3 Å². The summed E-state index contributed by atoms with van der Waals surface area (Å²) in [7, 11) is 2.14. The fourth-order valence-electron chi connectivity index (χ4n) is 1.94. The van der Waals surface area contributed by atoms with Crippen LogP contribution in [0.15, 0.2) is 40.2 Å². The molecular formula is C14H17BrN2S. The molecule has 0 aliphatic heterocycles. The minimum atomic E-state index is 0.421. The molecule has 0 radical (unpaired) electrons. The molecule has 1 atom stereocenters. The number of rotatable bonds is 4. The zero-order valence-corrected chi connectivity index (χ0v) is 13.0. The zero-order chi connectivity index (χ0) is 13.1. The highest BCUT2D eigenvalue weighted by Crippen LogP contribution is 2.26. The van der Waals surface area contributed by atoms with Crippen molar-refractivity contribution in [3.8, 4) is 0 Å². The van der Waals surface area contributed by atoms with Crippen molar-refractivity contribution in [2.24, 2.45) is 0 Å². The maximum absolute atomic E-state index is 5.86. The first-order chi connectivity index (χ1) is 8.56. The zero-order valence-electron chi connectivity index (χ0n) is 10.6. The smallest absolute Gasteiger partial charge is 0.0413 e. The normalized spacial score (nSPS) is 12.9. The van der Waals surface area contributed by atoms with E-state index in [-0.39, 0.29) is 0 Å². The van der Waals surface area contributed by atoms with E-state index in [4.69, 9.17) is 5.73 Å². The Hall–Kier alpha value is -0.840. The molecule has 0 aliphatic rings. The van der Waals surface area contributed by atoms with E-state index in [1.807, 2.05) is 12.1 Å². The van der Waals surface area contributed by atoms with Gasteiger partial charge in [0.2, 0.25) is 0 Å². The Labute approximate surface area is 121 Å². The van der Waals surface area contributed by atoms with E-state index in [1.54, 1.807) is 11.3 Å². The maximum atomic E-state index is 5.86. The number of hydrogen-bond acceptors (Lipinski definition) is 3. The molecule has 0 saturated carbocycles. The minimum absolute atomic E-state index is 0.421. The highest BCUT2D eigenvalue weighted by molar-refractivity contribution is 9.10. The van der Waals surface area contributed by atoms with Gasteiger partial charge in [-0.05, 0) is 49.2 Å². The largest absolute Gasteiger partial charge is 0.399 e. The third-order valence-electron chi connectivity index (χ3n) is 3.03. The Morgan fingerprint density at radius 1 is 1.39 bits per heavy atom. The molecule has 1 aromatic carbocycles. The molecule has 2 rings (SSSR count). The second-order valence-electron chi connectivity index (χ2n) is 4.50. The first kappa shape index (κ1) is 13.6. The number of hydrogen-bond donors (Lipinski definition) is 1. The fraction of sp³-hybridized carbons (Fsp3) is 0.286. The van der Waals surface area contributed by atoms with Crippen LogP contribution in [0.1, 0.15) is 23.4 Å². The fourth-order valence-corrected chi connectivity index (χ4v) is 3.34. The van der Waals surface area contributed by atoms with Crippen LogP contribution in [0.5, 0.6) is 0 Å². The van der Waals surface area contributed by atoms with Crippen molar-refractivity contribution in [3.63, 3.8) is 0 Å². The summed E-state index contributed by atoms with van der Waals surface area (Å²) < 4.78 is 1.04. The van der Waals surface area contributed by atoms with E-state index >= 15 is 0 Å². The van der Waals surface area contributed by atoms with Crippen molar-refractivity contribution >= 4 is 33.0 Å². The van der Waals surface area contributed by atoms with E-state index in [9.17, 15) is 0 Å². The Balaban J connectivity index is 2.09. The van der Waals surface area contributed by atoms with Gasteiger partial charge in [-0.25, -0.2) is 0 Å². The summed E-state index contributed by atoms with van der Waals surface area (Å²) >= 11 is 5.28. The average molecular weight is 325 g/mol. The molecule has 0 amide bonds. The van der Waals surface area contributed by atoms with Crippen LogP contribution in [0.3, 0.4) is 0 Å². The third kappa shape index (κ3) is 3.34. The van der Waals surface area contributed by atoms with Gasteiger partial charge in [-0.1, -0.05) is 22.0 Å². The van der Waals surface area contributed by atoms with Crippen LogP contribution in [-0.2, 0) is 6.54 Å². The minimum Gasteiger partial charge on any atom is -0.399 e. The summed E-state index contributed by atoms with van der Waals surface area (Å²) in [6.45, 7) is 3.12. The van der Waals surface area contributed by atoms with Crippen molar-refractivity contribution in [2.75, 3.05) is 12.8 Å². The Kier molecular flexibility index (Phi) is 4.43. The summed E-state index contributed by atoms with van der Waals surface area (Å²) in [4.78, 5) is 3.72. The lowest BCUT2D eigenvalue weighted by molar-refractivity contribution is 0.256. The number of benzene rings is 1. The van der Waals surface area contributed by atoms with Gasteiger partial charge in [0.05, 0.1) is 0 Å². The molecule has 0 saturated heterocycles. The molecule has 0 bridgehead atoms. The molecule has 1 aromatic heterocycles. The van der Waals surface area contributed by atoms with E-state index in [0.29, 0.717) is 6.04 Å². The molecular weight excluding hydrogens is 308 g/mol. The third-order valence-corrected chi connectivity index (χ3v) is 4.53. The second kappa shape index (κ2) is 5.87. The molecule has 96 valence electrons. The van der Waals surface area contributed by atoms with E-state index < -0.39 is 0 Å². The van der Waals surface area contributed by atoms with Gasteiger partial charge < -0.3 is 5.73 Å². The standard InChI is InChI=1S/C14H17BrN2S/c1-10(14-4-3-5-18-14)17(2)9-11-6-12(15)8-13(16)7-11/h3-8,10H,9,16H2,1-2H3. The van der Waals surface area contributed by atoms with E-state index in [1.165, 1.54) is 10.4 Å². The number of thiophene rings is 1. The van der Waals surface area contributed by atoms with E-state index in [0.717, 1.165) is 16.7 Å². The number of nitrogens with zero attached hydrogens (tertiary/aromatic N) is 1. The SMILES string of the molecule is CC(c1cccs1)N(C)Cc1cc(N)cc(Br)c1. The van der Waals surface area contributed by atoms with Gasteiger partial charge in [0, 0.05) is 27.6 Å². The molecule has 2 N–H and O–H groups in total. The van der Waals surface area contributed by atoms with Gasteiger partial charge >= 0.3 is 0 Å². The molecule has 0 fully saturated rings. The van der Waals surface area contributed by atoms with Crippen LogP contribution in [0, 0.1) is 0 Å². The molecule has 18 heavy (non-hydrogen) atoms. The second-order valence-corrected chi connectivity index (χ2v) is 6.39. The van der Waals surface area contributed by atoms with Gasteiger partial charge in [0.15, 0.2) is 0 Å². The van der Waals surface area contributed by atoms with Gasteiger partial charge in [0.25, 0.3) is 0 Å². The highest BCUT2D eigenvalue weighted by atomic mass is 79.9. The Morgan fingerprint density at radius 2 is 2.17 bits per heavy atom. The highest BCUT2D eigenvalue weighted by Gasteiger charge is 2.13. The summed E-state index contributed by atoms with van der Waals surface area (Å²) in [5.74, 6) is 0. The summed E-state index contributed by atoms with van der Waals surface area (Å²) in [5, 5.41) is 2.12. The van der Waals surface area contributed by atoms with Crippen LogP contribution in [0.2, 0.25) is 0 Å². The van der Waals surface area contributed by atoms with Crippen LogP contribution < -0.4 is 5.73 Å². The van der Waals surface area contributed by atoms with Crippen LogP contribution in [0.4, 0.5) is 5.69 Å². The van der Waals surface area contributed by atoms with Crippen LogP contribution in [0.25, 0.3) is 0 Å².